The van der Waals surface area contributed by atoms with E-state index >= 15 is 0 Å². The lowest BCUT2D eigenvalue weighted by atomic mass is 9.83. The zero-order valence-corrected chi connectivity index (χ0v) is 21.4. The molecule has 1 saturated heterocycles. The highest BCUT2D eigenvalue weighted by Crippen LogP contribution is 2.32. The molecule has 176 valence electrons. The number of piperidine rings is 1. The Morgan fingerprint density at radius 1 is 1.10 bits per heavy atom. The molecule has 0 radical (unpaired) electrons. The molecule has 4 nitrogen and oxygen atoms in total. The van der Waals surface area contributed by atoms with Gasteiger partial charge in [-0.25, -0.2) is 12.8 Å². The van der Waals surface area contributed by atoms with Crippen LogP contribution in [0.4, 0.5) is 4.39 Å². The molecule has 1 aliphatic carbocycles. The number of halogens is 2. The molecule has 0 unspecified atom stereocenters. The van der Waals surface area contributed by atoms with Gasteiger partial charge in [0.15, 0.2) is 0 Å². The summed E-state index contributed by atoms with van der Waals surface area (Å²) in [5.74, 6) is 1.24. The Morgan fingerprint density at radius 2 is 1.77 bits per heavy atom. The van der Waals surface area contributed by atoms with Gasteiger partial charge in [-0.1, -0.05) is 22.9 Å². The summed E-state index contributed by atoms with van der Waals surface area (Å²) in [5, 5.41) is 0. The van der Waals surface area contributed by atoms with Crippen LogP contribution in [0.1, 0.15) is 63.9 Å². The largest absolute Gasteiger partial charge is 0.303 e. The third kappa shape index (κ3) is 7.51. The predicted molar refractivity (Wildman–Crippen MR) is 129 cm³/mol. The number of rotatable bonds is 9. The summed E-state index contributed by atoms with van der Waals surface area (Å²) in [6.45, 7) is 5.97. The quantitative estimate of drug-likeness (QED) is 0.437. The van der Waals surface area contributed by atoms with E-state index in [4.69, 9.17) is 0 Å². The normalized spacial score (nSPS) is 24.0. The van der Waals surface area contributed by atoms with Gasteiger partial charge in [0, 0.05) is 17.1 Å². The van der Waals surface area contributed by atoms with Crippen molar-refractivity contribution in [3.63, 3.8) is 0 Å². The van der Waals surface area contributed by atoms with Crippen LogP contribution in [0.25, 0.3) is 0 Å². The molecule has 1 aliphatic heterocycles. The average molecular weight is 518 g/mol. The van der Waals surface area contributed by atoms with E-state index in [9.17, 15) is 12.8 Å². The first-order chi connectivity index (χ1) is 14.8. The summed E-state index contributed by atoms with van der Waals surface area (Å²) >= 11 is 3.56. The van der Waals surface area contributed by atoms with Gasteiger partial charge in [-0.15, -0.1) is 0 Å². The van der Waals surface area contributed by atoms with Gasteiger partial charge in [0.05, 0.1) is 6.26 Å². The third-order valence-electron chi connectivity index (χ3n) is 7.27. The molecule has 0 atom stereocenters. The molecule has 7 heteroatoms. The molecule has 0 aromatic heterocycles. The fraction of sp³-hybridized carbons (Fsp3) is 0.750. The fourth-order valence-electron chi connectivity index (χ4n) is 5.51. The second-order valence-corrected chi connectivity index (χ2v) is 12.3. The molecule has 1 saturated carbocycles. The highest BCUT2D eigenvalue weighted by Gasteiger charge is 2.29. The molecule has 2 aliphatic rings. The minimum atomic E-state index is -3.09. The summed E-state index contributed by atoms with van der Waals surface area (Å²) in [4.78, 5) is 2.59. The third-order valence-corrected chi connectivity index (χ3v) is 9.45. The Balaban J connectivity index is 1.32. The Labute approximate surface area is 196 Å². The molecule has 0 bridgehead atoms. The van der Waals surface area contributed by atoms with Crippen LogP contribution in [0.2, 0.25) is 0 Å². The molecule has 0 N–H and O–H groups in total. The molecular weight excluding hydrogens is 479 g/mol. The first-order valence-corrected chi connectivity index (χ1v) is 14.5. The van der Waals surface area contributed by atoms with E-state index < -0.39 is 10.0 Å². The van der Waals surface area contributed by atoms with E-state index in [1.54, 1.807) is 10.4 Å². The number of likely N-dealkylation sites (tertiary alicyclic amines) is 1. The van der Waals surface area contributed by atoms with Gasteiger partial charge in [0.2, 0.25) is 10.0 Å². The van der Waals surface area contributed by atoms with Gasteiger partial charge < -0.3 is 4.90 Å². The van der Waals surface area contributed by atoms with Crippen molar-refractivity contribution in [3.8, 4) is 0 Å². The molecule has 1 aromatic carbocycles. The lowest BCUT2D eigenvalue weighted by Crippen LogP contribution is -2.41. The highest BCUT2D eigenvalue weighted by molar-refractivity contribution is 9.10. The van der Waals surface area contributed by atoms with Crippen molar-refractivity contribution in [2.45, 2.75) is 70.8 Å². The topological polar surface area (TPSA) is 40.6 Å². The van der Waals surface area contributed by atoms with Crippen molar-refractivity contribution in [2.24, 2.45) is 11.8 Å². The molecule has 3 rings (SSSR count). The van der Waals surface area contributed by atoms with E-state index in [-0.39, 0.29) is 11.9 Å². The maximum atomic E-state index is 13.5. The summed E-state index contributed by atoms with van der Waals surface area (Å²) < 4.78 is 40.1. The fourth-order valence-corrected chi connectivity index (χ4v) is 7.14. The number of sulfonamides is 1. The van der Waals surface area contributed by atoms with Gasteiger partial charge in [0.25, 0.3) is 0 Å². The maximum Gasteiger partial charge on any atom is 0.211 e. The zero-order chi connectivity index (χ0) is 22.4. The highest BCUT2D eigenvalue weighted by atomic mass is 79.9. The van der Waals surface area contributed by atoms with Gasteiger partial charge in [-0.2, -0.15) is 4.31 Å². The van der Waals surface area contributed by atoms with Crippen LogP contribution in [0, 0.1) is 17.7 Å². The van der Waals surface area contributed by atoms with Crippen molar-refractivity contribution in [1.82, 2.24) is 9.21 Å². The van der Waals surface area contributed by atoms with Gasteiger partial charge >= 0.3 is 0 Å². The monoisotopic (exact) mass is 516 g/mol. The lowest BCUT2D eigenvalue weighted by molar-refractivity contribution is 0.169. The number of hydrogen-bond donors (Lipinski definition) is 0. The number of benzene rings is 1. The van der Waals surface area contributed by atoms with Gasteiger partial charge in [-0.3, -0.25) is 0 Å². The zero-order valence-electron chi connectivity index (χ0n) is 19.0. The molecule has 1 aromatic rings. The van der Waals surface area contributed by atoms with E-state index in [1.807, 2.05) is 13.0 Å². The van der Waals surface area contributed by atoms with E-state index in [1.165, 1.54) is 44.6 Å². The Kier molecular flexibility index (Phi) is 9.38. The van der Waals surface area contributed by atoms with Crippen LogP contribution in [0.3, 0.4) is 0 Å². The van der Waals surface area contributed by atoms with Crippen molar-refractivity contribution in [3.05, 3.63) is 34.1 Å². The SMILES string of the molecule is CCN(C1CCC(CCCN2CCC(Cc3cc(F)ccc3Br)CC2)CC1)S(C)(=O)=O. The maximum absolute atomic E-state index is 13.5. The minimum absolute atomic E-state index is 0.150. The van der Waals surface area contributed by atoms with E-state index in [0.29, 0.717) is 12.5 Å². The van der Waals surface area contributed by atoms with Gasteiger partial charge in [0.1, 0.15) is 5.82 Å². The molecular formula is C24H38BrFN2O2S. The molecule has 1 heterocycles. The second-order valence-electron chi connectivity index (χ2n) is 9.51. The molecule has 0 spiro atoms. The average Bonchev–Trinajstić information content (AvgIpc) is 2.73. The smallest absolute Gasteiger partial charge is 0.211 e. The lowest BCUT2D eigenvalue weighted by Gasteiger charge is -2.35. The number of hydrogen-bond acceptors (Lipinski definition) is 3. The molecule has 31 heavy (non-hydrogen) atoms. The summed E-state index contributed by atoms with van der Waals surface area (Å²) in [5.41, 5.74) is 1.09. The Morgan fingerprint density at radius 3 is 2.39 bits per heavy atom. The molecule has 2 fully saturated rings. The van der Waals surface area contributed by atoms with Crippen LogP contribution in [0.5, 0.6) is 0 Å². The molecule has 0 amide bonds. The number of nitrogens with zero attached hydrogens (tertiary/aromatic N) is 2. The second kappa shape index (κ2) is 11.6. The first kappa shape index (κ1) is 25.1. The van der Waals surface area contributed by atoms with Crippen LogP contribution in [-0.2, 0) is 16.4 Å². The van der Waals surface area contributed by atoms with Crippen LogP contribution < -0.4 is 0 Å². The Hall–Kier alpha value is -0.500. The van der Waals surface area contributed by atoms with E-state index in [2.05, 4.69) is 20.8 Å². The Bertz CT molecular complexity index is 804. The van der Waals surface area contributed by atoms with Crippen LogP contribution >= 0.6 is 15.9 Å². The van der Waals surface area contributed by atoms with Crippen molar-refractivity contribution >= 4 is 26.0 Å². The van der Waals surface area contributed by atoms with Crippen molar-refractivity contribution in [2.75, 3.05) is 32.4 Å². The van der Waals surface area contributed by atoms with Crippen LogP contribution in [-0.4, -0.2) is 56.1 Å². The van der Waals surface area contributed by atoms with Crippen molar-refractivity contribution in [1.29, 1.82) is 0 Å². The van der Waals surface area contributed by atoms with Gasteiger partial charge in [-0.05, 0) is 113 Å². The first-order valence-electron chi connectivity index (χ1n) is 11.9. The minimum Gasteiger partial charge on any atom is -0.303 e. The summed E-state index contributed by atoms with van der Waals surface area (Å²) in [6, 6.07) is 5.19. The summed E-state index contributed by atoms with van der Waals surface area (Å²) in [7, 11) is -3.09. The van der Waals surface area contributed by atoms with Crippen molar-refractivity contribution < 1.29 is 12.8 Å². The standard InChI is InChI=1S/C24H38BrFN2O2S/c1-3-28(31(2,29)30)23-9-6-19(7-10-23)5-4-14-27-15-12-20(13-16-27)17-21-18-22(26)8-11-24(21)25/h8,11,18-20,23H,3-7,9-10,12-17H2,1-2H3. The van der Waals surface area contributed by atoms with Crippen LogP contribution in [0.15, 0.2) is 22.7 Å². The predicted octanol–water partition coefficient (Wildman–Crippen LogP) is 5.46. The summed E-state index contributed by atoms with van der Waals surface area (Å²) in [6.07, 6.45) is 11.5. The van der Waals surface area contributed by atoms with E-state index in [0.717, 1.165) is 61.1 Å².